The molecule has 0 atom stereocenters. The van der Waals surface area contributed by atoms with Gasteiger partial charge in [0, 0.05) is 6.08 Å². The van der Waals surface area contributed by atoms with Gasteiger partial charge in [-0.05, 0) is 47.0 Å². The number of fused-ring (bicyclic) bond motifs is 1. The maximum Gasteiger partial charge on any atom is 0.337 e. The van der Waals surface area contributed by atoms with Crippen LogP contribution in [0.5, 0.6) is 0 Å². The van der Waals surface area contributed by atoms with E-state index in [9.17, 15) is 4.79 Å². The molecule has 0 saturated heterocycles. The predicted molar refractivity (Wildman–Crippen MR) is 106 cm³/mol. The molecule has 4 heteroatoms. The molecule has 0 bridgehead atoms. The second kappa shape index (κ2) is 7.30. The average Bonchev–Trinajstić information content (AvgIpc) is 3.15. The van der Waals surface area contributed by atoms with Gasteiger partial charge in [0.1, 0.15) is 5.52 Å². The summed E-state index contributed by atoms with van der Waals surface area (Å²) >= 11 is 0. The largest absolute Gasteiger partial charge is 0.465 e. The van der Waals surface area contributed by atoms with E-state index in [-0.39, 0.29) is 5.97 Å². The lowest BCUT2D eigenvalue weighted by Crippen LogP contribution is -2.00. The molecule has 4 rings (SSSR count). The Morgan fingerprint density at radius 2 is 1.70 bits per heavy atom. The third-order valence-electron chi connectivity index (χ3n) is 4.26. The fourth-order valence-electron chi connectivity index (χ4n) is 2.84. The van der Waals surface area contributed by atoms with E-state index in [1.807, 2.05) is 60.7 Å². The van der Waals surface area contributed by atoms with Crippen molar-refractivity contribution in [3.63, 3.8) is 0 Å². The van der Waals surface area contributed by atoms with Crippen LogP contribution in [0, 0.1) is 0 Å². The fourth-order valence-corrected chi connectivity index (χ4v) is 2.84. The predicted octanol–water partition coefficient (Wildman–Crippen LogP) is 5.45. The van der Waals surface area contributed by atoms with Gasteiger partial charge in [-0.2, -0.15) is 0 Å². The number of hydrogen-bond donors (Lipinski definition) is 0. The second-order valence-corrected chi connectivity index (χ2v) is 6.05. The summed E-state index contributed by atoms with van der Waals surface area (Å²) in [5, 5.41) is 0. The molecule has 132 valence electrons. The van der Waals surface area contributed by atoms with Crippen molar-refractivity contribution in [1.82, 2.24) is 4.98 Å². The highest BCUT2D eigenvalue weighted by molar-refractivity contribution is 5.89. The number of rotatable bonds is 4. The van der Waals surface area contributed by atoms with Gasteiger partial charge in [0.05, 0.1) is 12.7 Å². The summed E-state index contributed by atoms with van der Waals surface area (Å²) in [4.78, 5) is 16.0. The first-order chi connectivity index (χ1) is 13.2. The zero-order chi connectivity index (χ0) is 18.6. The van der Waals surface area contributed by atoms with Crippen LogP contribution in [0.3, 0.4) is 0 Å². The molecule has 27 heavy (non-hydrogen) atoms. The number of nitrogens with zero attached hydrogens (tertiary/aromatic N) is 1. The van der Waals surface area contributed by atoms with Gasteiger partial charge < -0.3 is 9.15 Å². The van der Waals surface area contributed by atoms with Crippen molar-refractivity contribution in [3.05, 3.63) is 89.8 Å². The summed E-state index contributed by atoms with van der Waals surface area (Å²) in [5.41, 5.74) is 5.27. The van der Waals surface area contributed by atoms with E-state index in [2.05, 4.69) is 17.1 Å². The van der Waals surface area contributed by atoms with Crippen molar-refractivity contribution in [1.29, 1.82) is 0 Å². The molecule has 4 aromatic rings. The molecule has 3 aromatic carbocycles. The Morgan fingerprint density at radius 3 is 2.44 bits per heavy atom. The normalized spacial score (nSPS) is 11.1. The fraction of sp³-hybridized carbons (Fsp3) is 0.0435. The average molecular weight is 355 g/mol. The molecule has 0 unspecified atom stereocenters. The second-order valence-electron chi connectivity index (χ2n) is 6.05. The standard InChI is InChI=1S/C23H17NO3/c1-26-23(25)18-10-7-16(8-11-18)9-14-22-24-20-15-19(12-13-21(20)27-22)17-5-3-2-4-6-17/h2-15H,1H3. The van der Waals surface area contributed by atoms with Crippen molar-refractivity contribution in [2.24, 2.45) is 0 Å². The molecule has 0 N–H and O–H groups in total. The highest BCUT2D eigenvalue weighted by Gasteiger charge is 2.06. The lowest BCUT2D eigenvalue weighted by Gasteiger charge is -1.99. The van der Waals surface area contributed by atoms with Crippen molar-refractivity contribution >= 4 is 29.2 Å². The van der Waals surface area contributed by atoms with E-state index in [1.165, 1.54) is 7.11 Å². The van der Waals surface area contributed by atoms with Crippen LogP contribution in [0.15, 0.2) is 77.2 Å². The maximum absolute atomic E-state index is 11.5. The highest BCUT2D eigenvalue weighted by Crippen LogP contribution is 2.25. The van der Waals surface area contributed by atoms with Gasteiger partial charge in [-0.3, -0.25) is 0 Å². The summed E-state index contributed by atoms with van der Waals surface area (Å²) in [5.74, 6) is 0.186. The smallest absolute Gasteiger partial charge is 0.337 e. The van der Waals surface area contributed by atoms with E-state index in [0.29, 0.717) is 11.5 Å². The number of esters is 1. The Labute approximate surface area is 156 Å². The Bertz CT molecular complexity index is 1110. The van der Waals surface area contributed by atoms with E-state index in [0.717, 1.165) is 27.8 Å². The van der Waals surface area contributed by atoms with Crippen LogP contribution in [0.1, 0.15) is 21.8 Å². The Morgan fingerprint density at radius 1 is 0.926 bits per heavy atom. The summed E-state index contributed by atoms with van der Waals surface area (Å²) < 4.78 is 10.5. The quantitative estimate of drug-likeness (QED) is 0.457. The molecule has 1 heterocycles. The molecular weight excluding hydrogens is 338 g/mol. The van der Waals surface area contributed by atoms with Gasteiger partial charge in [-0.15, -0.1) is 0 Å². The molecule has 0 saturated carbocycles. The molecule has 0 aliphatic heterocycles. The number of benzene rings is 3. The summed E-state index contributed by atoms with van der Waals surface area (Å²) in [6.45, 7) is 0. The maximum atomic E-state index is 11.5. The first-order valence-electron chi connectivity index (χ1n) is 8.55. The minimum atomic E-state index is -0.348. The lowest BCUT2D eigenvalue weighted by molar-refractivity contribution is 0.0600. The number of hydrogen-bond acceptors (Lipinski definition) is 4. The molecule has 0 aliphatic carbocycles. The number of methoxy groups -OCH3 is 1. The number of aromatic nitrogens is 1. The van der Waals surface area contributed by atoms with Crippen molar-refractivity contribution in [3.8, 4) is 11.1 Å². The van der Waals surface area contributed by atoms with Gasteiger partial charge >= 0.3 is 5.97 Å². The molecule has 0 aliphatic rings. The van der Waals surface area contributed by atoms with Crippen LogP contribution in [-0.2, 0) is 4.74 Å². The van der Waals surface area contributed by atoms with E-state index in [4.69, 9.17) is 9.15 Å². The molecular formula is C23H17NO3. The van der Waals surface area contributed by atoms with E-state index >= 15 is 0 Å². The molecule has 4 nitrogen and oxygen atoms in total. The zero-order valence-corrected chi connectivity index (χ0v) is 14.8. The lowest BCUT2D eigenvalue weighted by atomic mass is 10.1. The van der Waals surface area contributed by atoms with Gasteiger partial charge in [0.15, 0.2) is 5.58 Å². The van der Waals surface area contributed by atoms with Gasteiger partial charge in [-0.25, -0.2) is 9.78 Å². The highest BCUT2D eigenvalue weighted by atomic mass is 16.5. The number of ether oxygens (including phenoxy) is 1. The van der Waals surface area contributed by atoms with Gasteiger partial charge in [0.25, 0.3) is 0 Å². The Balaban J connectivity index is 1.57. The topological polar surface area (TPSA) is 52.3 Å². The Kier molecular flexibility index (Phi) is 4.54. The van der Waals surface area contributed by atoms with Crippen LogP contribution >= 0.6 is 0 Å². The molecule has 1 aromatic heterocycles. The van der Waals surface area contributed by atoms with Crippen LogP contribution in [0.25, 0.3) is 34.4 Å². The van der Waals surface area contributed by atoms with Crippen molar-refractivity contribution in [2.45, 2.75) is 0 Å². The van der Waals surface area contributed by atoms with Crippen molar-refractivity contribution < 1.29 is 13.9 Å². The van der Waals surface area contributed by atoms with Gasteiger partial charge in [-0.1, -0.05) is 48.5 Å². The first kappa shape index (κ1) is 16.8. The summed E-state index contributed by atoms with van der Waals surface area (Å²) in [6, 6.07) is 23.3. The third-order valence-corrected chi connectivity index (χ3v) is 4.26. The summed E-state index contributed by atoms with van der Waals surface area (Å²) in [7, 11) is 1.37. The third kappa shape index (κ3) is 3.65. The zero-order valence-electron chi connectivity index (χ0n) is 14.8. The van der Waals surface area contributed by atoms with E-state index in [1.54, 1.807) is 12.1 Å². The number of carbonyl (C=O) groups excluding carboxylic acids is 1. The van der Waals surface area contributed by atoms with Crippen LogP contribution in [-0.4, -0.2) is 18.1 Å². The van der Waals surface area contributed by atoms with Crippen LogP contribution in [0.4, 0.5) is 0 Å². The SMILES string of the molecule is COC(=O)c1ccc(C=Cc2nc3cc(-c4ccccc4)ccc3o2)cc1. The number of carbonyl (C=O) groups is 1. The molecule has 0 spiro atoms. The summed E-state index contributed by atoms with van der Waals surface area (Å²) in [6.07, 6.45) is 3.71. The van der Waals surface area contributed by atoms with Crippen molar-refractivity contribution in [2.75, 3.05) is 7.11 Å². The monoisotopic (exact) mass is 355 g/mol. The molecule has 0 amide bonds. The molecule has 0 fully saturated rings. The van der Waals surface area contributed by atoms with E-state index < -0.39 is 0 Å². The first-order valence-corrected chi connectivity index (χ1v) is 8.55. The minimum absolute atomic E-state index is 0.348. The van der Waals surface area contributed by atoms with Crippen LogP contribution < -0.4 is 0 Å². The Hall–Kier alpha value is -3.66. The van der Waals surface area contributed by atoms with Gasteiger partial charge in [0.2, 0.25) is 5.89 Å². The van der Waals surface area contributed by atoms with Crippen LogP contribution in [0.2, 0.25) is 0 Å². The molecule has 0 radical (unpaired) electrons. The minimum Gasteiger partial charge on any atom is -0.465 e. The number of oxazole rings is 1.